The lowest BCUT2D eigenvalue weighted by molar-refractivity contribution is -0.119. The van der Waals surface area contributed by atoms with Crippen LogP contribution in [-0.4, -0.2) is 23.6 Å². The molecule has 5 nitrogen and oxygen atoms in total. The summed E-state index contributed by atoms with van der Waals surface area (Å²) in [5.74, 6) is -1.00. The molecule has 2 aromatic rings. The van der Waals surface area contributed by atoms with Crippen LogP contribution in [0.1, 0.15) is 35.7 Å². The molecule has 0 aromatic heterocycles. The van der Waals surface area contributed by atoms with Crippen LogP contribution in [0.2, 0.25) is 0 Å². The summed E-state index contributed by atoms with van der Waals surface area (Å²) in [4.78, 5) is 23.8. The van der Waals surface area contributed by atoms with Crippen molar-refractivity contribution in [2.24, 2.45) is 0 Å². The minimum Gasteiger partial charge on any atom is -0.507 e. The molecule has 0 aliphatic rings. The number of carbonyl (C=O) groups is 2. The molecule has 0 saturated heterocycles. The number of amides is 1. The van der Waals surface area contributed by atoms with Gasteiger partial charge in [0.15, 0.2) is 6.61 Å². The van der Waals surface area contributed by atoms with Gasteiger partial charge >= 0.3 is 5.97 Å². The van der Waals surface area contributed by atoms with Gasteiger partial charge < -0.3 is 15.2 Å². The van der Waals surface area contributed by atoms with Gasteiger partial charge in [0.05, 0.1) is 0 Å². The van der Waals surface area contributed by atoms with Crippen LogP contribution < -0.4 is 5.32 Å². The van der Waals surface area contributed by atoms with Gasteiger partial charge in [-0.3, -0.25) is 4.79 Å². The van der Waals surface area contributed by atoms with Crippen molar-refractivity contribution in [3.63, 3.8) is 0 Å². The summed E-state index contributed by atoms with van der Waals surface area (Å²) in [6.45, 7) is 3.74. The van der Waals surface area contributed by atoms with E-state index < -0.39 is 18.5 Å². The van der Waals surface area contributed by atoms with Crippen molar-refractivity contribution in [2.45, 2.75) is 19.8 Å². The van der Waals surface area contributed by atoms with Crippen molar-refractivity contribution in [3.8, 4) is 5.75 Å². The Labute approximate surface area is 148 Å². The number of phenols is 1. The van der Waals surface area contributed by atoms with Crippen molar-refractivity contribution in [3.05, 3.63) is 58.1 Å². The van der Waals surface area contributed by atoms with E-state index in [1.54, 1.807) is 18.2 Å². The van der Waals surface area contributed by atoms with E-state index >= 15 is 0 Å². The summed E-state index contributed by atoms with van der Waals surface area (Å²) in [6, 6.07) is 11.9. The molecule has 0 heterocycles. The predicted molar refractivity (Wildman–Crippen MR) is 95.3 cm³/mol. The number of carbonyl (C=O) groups excluding carboxylic acids is 2. The molecule has 0 fully saturated rings. The van der Waals surface area contributed by atoms with Gasteiger partial charge in [0.25, 0.3) is 5.91 Å². The third kappa shape index (κ3) is 4.83. The average Bonchev–Trinajstić information content (AvgIpc) is 2.55. The Morgan fingerprint density at radius 2 is 1.83 bits per heavy atom. The van der Waals surface area contributed by atoms with Crippen LogP contribution in [0.15, 0.2) is 46.9 Å². The highest BCUT2D eigenvalue weighted by Crippen LogP contribution is 2.22. The normalized spacial score (nSPS) is 10.5. The Morgan fingerprint density at radius 3 is 2.46 bits per heavy atom. The fraction of sp³-hybridized carbons (Fsp3) is 0.222. The van der Waals surface area contributed by atoms with Gasteiger partial charge in [0.1, 0.15) is 11.3 Å². The first kappa shape index (κ1) is 18.0. The van der Waals surface area contributed by atoms with E-state index in [9.17, 15) is 14.7 Å². The van der Waals surface area contributed by atoms with Crippen molar-refractivity contribution < 1.29 is 19.4 Å². The zero-order chi connectivity index (χ0) is 17.7. The third-order valence-corrected chi connectivity index (χ3v) is 3.87. The van der Waals surface area contributed by atoms with Crippen LogP contribution in [0, 0.1) is 0 Å². The summed E-state index contributed by atoms with van der Waals surface area (Å²) in [7, 11) is 0. The molecule has 1 amide bonds. The van der Waals surface area contributed by atoms with Gasteiger partial charge in [-0.2, -0.15) is 0 Å². The maximum atomic E-state index is 11.9. The fourth-order valence-electron chi connectivity index (χ4n) is 2.03. The van der Waals surface area contributed by atoms with Gasteiger partial charge in [-0.05, 0) is 41.8 Å². The lowest BCUT2D eigenvalue weighted by Crippen LogP contribution is -2.21. The van der Waals surface area contributed by atoms with E-state index in [1.807, 2.05) is 12.1 Å². The van der Waals surface area contributed by atoms with Crippen LogP contribution in [0.5, 0.6) is 5.75 Å². The molecule has 0 unspecified atom stereocenters. The monoisotopic (exact) mass is 391 g/mol. The van der Waals surface area contributed by atoms with E-state index in [-0.39, 0.29) is 11.3 Å². The number of hydrogen-bond donors (Lipinski definition) is 2. The number of anilines is 1. The highest BCUT2D eigenvalue weighted by molar-refractivity contribution is 9.10. The summed E-state index contributed by atoms with van der Waals surface area (Å²) >= 11 is 3.21. The van der Waals surface area contributed by atoms with Gasteiger partial charge in [0, 0.05) is 10.2 Å². The van der Waals surface area contributed by atoms with Crippen LogP contribution in [0.25, 0.3) is 0 Å². The Hall–Kier alpha value is -2.34. The predicted octanol–water partition coefficient (Wildman–Crippen LogP) is 4.07. The Kier molecular flexibility index (Phi) is 5.98. The second-order valence-electron chi connectivity index (χ2n) is 5.56. The highest BCUT2D eigenvalue weighted by Gasteiger charge is 2.15. The SMILES string of the molecule is CC(C)c1ccc(NC(=O)COC(=O)c2cc(Br)ccc2O)cc1. The number of halogens is 1. The van der Waals surface area contributed by atoms with Crippen LogP contribution in [0.3, 0.4) is 0 Å². The average molecular weight is 392 g/mol. The summed E-state index contributed by atoms with van der Waals surface area (Å²) in [5, 5.41) is 12.3. The number of esters is 1. The number of nitrogens with one attached hydrogen (secondary N) is 1. The van der Waals surface area contributed by atoms with E-state index in [4.69, 9.17) is 4.74 Å². The molecule has 0 bridgehead atoms. The number of phenolic OH excluding ortho intramolecular Hbond substituents is 1. The summed E-state index contributed by atoms with van der Waals surface area (Å²) < 4.78 is 5.55. The maximum Gasteiger partial charge on any atom is 0.342 e. The summed E-state index contributed by atoms with van der Waals surface area (Å²) in [5.41, 5.74) is 1.80. The number of rotatable bonds is 5. The van der Waals surface area contributed by atoms with Crippen LogP contribution in [-0.2, 0) is 9.53 Å². The number of ether oxygens (including phenoxy) is 1. The molecule has 0 saturated carbocycles. The highest BCUT2D eigenvalue weighted by atomic mass is 79.9. The Bertz CT molecular complexity index is 741. The zero-order valence-corrected chi connectivity index (χ0v) is 15.0. The number of hydrogen-bond acceptors (Lipinski definition) is 4. The second-order valence-corrected chi connectivity index (χ2v) is 6.48. The molecule has 126 valence electrons. The van der Waals surface area contributed by atoms with Gasteiger partial charge in [-0.1, -0.05) is 41.9 Å². The van der Waals surface area contributed by atoms with Crippen molar-refractivity contribution in [1.29, 1.82) is 0 Å². The molecule has 6 heteroatoms. The largest absolute Gasteiger partial charge is 0.507 e. The maximum absolute atomic E-state index is 11.9. The molecule has 2 rings (SSSR count). The second kappa shape index (κ2) is 7.97. The number of aromatic hydroxyl groups is 1. The van der Waals surface area contributed by atoms with E-state index in [0.717, 1.165) is 0 Å². The van der Waals surface area contributed by atoms with Crippen molar-refractivity contribution >= 4 is 33.5 Å². The molecule has 0 spiro atoms. The smallest absolute Gasteiger partial charge is 0.342 e. The lowest BCUT2D eigenvalue weighted by Gasteiger charge is -2.09. The molecule has 0 atom stereocenters. The minimum absolute atomic E-state index is 0.00142. The van der Waals surface area contributed by atoms with Crippen molar-refractivity contribution in [1.82, 2.24) is 0 Å². The molecule has 0 radical (unpaired) electrons. The van der Waals surface area contributed by atoms with Crippen molar-refractivity contribution in [2.75, 3.05) is 11.9 Å². The molecular weight excluding hydrogens is 374 g/mol. The first-order valence-electron chi connectivity index (χ1n) is 7.42. The topological polar surface area (TPSA) is 75.6 Å². The van der Waals surface area contributed by atoms with Gasteiger partial charge in [-0.15, -0.1) is 0 Å². The molecule has 0 aliphatic heterocycles. The van der Waals surface area contributed by atoms with E-state index in [2.05, 4.69) is 35.1 Å². The molecule has 2 aromatic carbocycles. The summed E-state index contributed by atoms with van der Waals surface area (Å²) in [6.07, 6.45) is 0. The fourth-order valence-corrected chi connectivity index (χ4v) is 2.39. The minimum atomic E-state index is -0.765. The quantitative estimate of drug-likeness (QED) is 0.753. The van der Waals surface area contributed by atoms with Gasteiger partial charge in [0.2, 0.25) is 0 Å². The van der Waals surface area contributed by atoms with Gasteiger partial charge in [-0.25, -0.2) is 4.79 Å². The molecule has 2 N–H and O–H groups in total. The number of benzene rings is 2. The van der Waals surface area contributed by atoms with E-state index in [0.29, 0.717) is 16.1 Å². The van der Waals surface area contributed by atoms with Crippen LogP contribution in [0.4, 0.5) is 5.69 Å². The molecular formula is C18H18BrNO4. The molecule has 0 aliphatic carbocycles. The van der Waals surface area contributed by atoms with E-state index in [1.165, 1.54) is 17.7 Å². The van der Waals surface area contributed by atoms with Crippen LogP contribution >= 0.6 is 15.9 Å². The standard InChI is InChI=1S/C18H18BrNO4/c1-11(2)12-3-6-14(7-4-12)20-17(22)10-24-18(23)15-9-13(19)5-8-16(15)21/h3-9,11,21H,10H2,1-2H3,(H,20,22). The first-order valence-corrected chi connectivity index (χ1v) is 8.21. The lowest BCUT2D eigenvalue weighted by atomic mass is 10.0. The Balaban J connectivity index is 1.90. The first-order chi connectivity index (χ1) is 11.4. The zero-order valence-electron chi connectivity index (χ0n) is 13.4. The third-order valence-electron chi connectivity index (χ3n) is 3.37. The molecule has 24 heavy (non-hydrogen) atoms. The Morgan fingerprint density at radius 1 is 1.17 bits per heavy atom.